The second kappa shape index (κ2) is 8.35. The molecular weight excluding hydrogens is 266 g/mol. The highest BCUT2D eigenvalue weighted by Gasteiger charge is 2.16. The van der Waals surface area contributed by atoms with E-state index in [9.17, 15) is 4.79 Å². The van der Waals surface area contributed by atoms with Crippen molar-refractivity contribution in [2.75, 3.05) is 18.8 Å². The van der Waals surface area contributed by atoms with Gasteiger partial charge >= 0.3 is 0 Å². The normalized spacial score (nSPS) is 11.2. The Balaban J connectivity index is 2.54. The molecule has 0 fully saturated rings. The summed E-state index contributed by atoms with van der Waals surface area (Å²) in [4.78, 5) is 15.5. The van der Waals surface area contributed by atoms with E-state index < -0.39 is 0 Å². The van der Waals surface area contributed by atoms with Crippen LogP contribution >= 0.6 is 11.8 Å². The van der Waals surface area contributed by atoms with Crippen LogP contribution < -0.4 is 0 Å². The van der Waals surface area contributed by atoms with Gasteiger partial charge in [-0.3, -0.25) is 4.79 Å². The highest BCUT2D eigenvalue weighted by atomic mass is 32.2. The zero-order valence-corrected chi connectivity index (χ0v) is 14.2. The van der Waals surface area contributed by atoms with Gasteiger partial charge in [-0.15, -0.1) is 11.8 Å². The van der Waals surface area contributed by atoms with Crippen LogP contribution in [-0.2, 0) is 4.79 Å². The molecule has 0 bridgehead atoms. The van der Waals surface area contributed by atoms with Gasteiger partial charge in [-0.05, 0) is 30.9 Å². The molecule has 112 valence electrons. The predicted octanol–water partition coefficient (Wildman–Crippen LogP) is 4.23. The van der Waals surface area contributed by atoms with Crippen molar-refractivity contribution in [3.8, 4) is 0 Å². The summed E-state index contributed by atoms with van der Waals surface area (Å²) >= 11 is 1.63. The Morgan fingerprint density at radius 1 is 1.05 bits per heavy atom. The van der Waals surface area contributed by atoms with Crippen LogP contribution in [0.1, 0.15) is 33.3 Å². The summed E-state index contributed by atoms with van der Waals surface area (Å²) in [6.45, 7) is 12.4. The first-order valence-electron chi connectivity index (χ1n) is 7.35. The number of aryl methyl sites for hydroxylation is 1. The van der Waals surface area contributed by atoms with Crippen LogP contribution in [0.2, 0.25) is 0 Å². The minimum Gasteiger partial charge on any atom is -0.341 e. The molecule has 0 spiro atoms. The minimum atomic E-state index is 0.248. The summed E-state index contributed by atoms with van der Waals surface area (Å²) in [5.41, 5.74) is 1.25. The Labute approximate surface area is 127 Å². The number of hydrogen-bond acceptors (Lipinski definition) is 2. The van der Waals surface area contributed by atoms with Crippen LogP contribution in [0.3, 0.4) is 0 Å². The molecule has 0 saturated carbocycles. The molecule has 0 heterocycles. The predicted molar refractivity (Wildman–Crippen MR) is 88.2 cm³/mol. The van der Waals surface area contributed by atoms with Gasteiger partial charge in [-0.25, -0.2) is 0 Å². The number of amides is 1. The number of rotatable bonds is 7. The van der Waals surface area contributed by atoms with Gasteiger partial charge in [0.05, 0.1) is 5.75 Å². The molecule has 0 N–H and O–H groups in total. The number of nitrogens with zero attached hydrogens (tertiary/aromatic N) is 1. The van der Waals surface area contributed by atoms with Gasteiger partial charge in [0.15, 0.2) is 0 Å². The van der Waals surface area contributed by atoms with E-state index in [-0.39, 0.29) is 5.91 Å². The number of benzene rings is 1. The van der Waals surface area contributed by atoms with Gasteiger partial charge in [-0.2, -0.15) is 0 Å². The fraction of sp³-hybridized carbons (Fsp3) is 0.588. The molecule has 3 heteroatoms. The van der Waals surface area contributed by atoms with Gasteiger partial charge in [0.25, 0.3) is 0 Å². The van der Waals surface area contributed by atoms with E-state index in [0.29, 0.717) is 17.6 Å². The first-order valence-corrected chi connectivity index (χ1v) is 8.34. The maximum absolute atomic E-state index is 12.4. The first-order chi connectivity index (χ1) is 9.38. The van der Waals surface area contributed by atoms with Crippen LogP contribution in [0.5, 0.6) is 0 Å². The van der Waals surface area contributed by atoms with E-state index in [1.165, 1.54) is 5.56 Å². The Hall–Kier alpha value is -0.960. The van der Waals surface area contributed by atoms with Crippen molar-refractivity contribution in [2.45, 2.75) is 39.5 Å². The SMILES string of the molecule is Cc1ccc(SCC(=O)N(CC(C)C)CC(C)C)cc1. The molecule has 0 aliphatic carbocycles. The fourth-order valence-electron chi connectivity index (χ4n) is 2.03. The second-order valence-electron chi connectivity index (χ2n) is 6.19. The largest absolute Gasteiger partial charge is 0.341 e. The van der Waals surface area contributed by atoms with E-state index in [1.54, 1.807) is 11.8 Å². The summed E-state index contributed by atoms with van der Waals surface area (Å²) in [5, 5.41) is 0. The highest BCUT2D eigenvalue weighted by Crippen LogP contribution is 2.19. The third kappa shape index (κ3) is 6.47. The summed E-state index contributed by atoms with van der Waals surface area (Å²) < 4.78 is 0. The molecule has 1 rings (SSSR count). The summed E-state index contributed by atoms with van der Waals surface area (Å²) in [6, 6.07) is 8.35. The van der Waals surface area contributed by atoms with Crippen LogP contribution in [0.4, 0.5) is 0 Å². The smallest absolute Gasteiger partial charge is 0.232 e. The van der Waals surface area contributed by atoms with Crippen LogP contribution in [0, 0.1) is 18.8 Å². The second-order valence-corrected chi connectivity index (χ2v) is 7.24. The van der Waals surface area contributed by atoms with E-state index in [4.69, 9.17) is 0 Å². The third-order valence-electron chi connectivity index (χ3n) is 2.91. The van der Waals surface area contributed by atoms with Crippen molar-refractivity contribution in [1.29, 1.82) is 0 Å². The average molecular weight is 293 g/mol. The monoisotopic (exact) mass is 293 g/mol. The molecular formula is C17H27NOS. The summed E-state index contributed by atoms with van der Waals surface area (Å²) in [5.74, 6) is 1.81. The van der Waals surface area contributed by atoms with Gasteiger partial charge < -0.3 is 4.90 Å². The Morgan fingerprint density at radius 3 is 2.00 bits per heavy atom. The quantitative estimate of drug-likeness (QED) is 0.701. The van der Waals surface area contributed by atoms with Crippen molar-refractivity contribution in [2.24, 2.45) is 11.8 Å². The lowest BCUT2D eigenvalue weighted by Crippen LogP contribution is -2.38. The standard InChI is InChI=1S/C17H27NOS/c1-13(2)10-18(11-14(3)4)17(19)12-20-16-8-6-15(5)7-9-16/h6-9,13-14H,10-12H2,1-5H3. The molecule has 1 amide bonds. The topological polar surface area (TPSA) is 20.3 Å². The Morgan fingerprint density at radius 2 is 1.55 bits per heavy atom. The molecule has 0 aliphatic heterocycles. The minimum absolute atomic E-state index is 0.248. The summed E-state index contributed by atoms with van der Waals surface area (Å²) in [7, 11) is 0. The Kier molecular flexibility index (Phi) is 7.14. The van der Waals surface area contributed by atoms with E-state index in [0.717, 1.165) is 18.0 Å². The molecule has 0 unspecified atom stereocenters. The van der Waals surface area contributed by atoms with Crippen LogP contribution in [0.15, 0.2) is 29.2 Å². The molecule has 1 aromatic rings. The lowest BCUT2D eigenvalue weighted by atomic mass is 10.1. The van der Waals surface area contributed by atoms with Gasteiger partial charge in [0.2, 0.25) is 5.91 Å². The fourth-order valence-corrected chi connectivity index (χ4v) is 2.83. The average Bonchev–Trinajstić information content (AvgIpc) is 2.36. The van der Waals surface area contributed by atoms with Crippen molar-refractivity contribution < 1.29 is 4.79 Å². The number of thioether (sulfide) groups is 1. The highest BCUT2D eigenvalue weighted by molar-refractivity contribution is 8.00. The van der Waals surface area contributed by atoms with Gasteiger partial charge in [0.1, 0.15) is 0 Å². The van der Waals surface area contributed by atoms with Crippen molar-refractivity contribution in [1.82, 2.24) is 4.90 Å². The number of hydrogen-bond donors (Lipinski definition) is 0. The molecule has 0 radical (unpaired) electrons. The summed E-state index contributed by atoms with van der Waals surface area (Å²) in [6.07, 6.45) is 0. The van der Waals surface area contributed by atoms with E-state index in [1.807, 2.05) is 4.90 Å². The van der Waals surface area contributed by atoms with Crippen LogP contribution in [-0.4, -0.2) is 29.6 Å². The Bertz CT molecular complexity index is 402. The molecule has 2 nitrogen and oxygen atoms in total. The maximum Gasteiger partial charge on any atom is 0.232 e. The number of carbonyl (C=O) groups is 1. The molecule has 0 atom stereocenters. The lowest BCUT2D eigenvalue weighted by Gasteiger charge is -2.26. The molecule has 0 aliphatic rings. The van der Waals surface area contributed by atoms with Crippen molar-refractivity contribution in [3.63, 3.8) is 0 Å². The zero-order valence-electron chi connectivity index (χ0n) is 13.3. The van der Waals surface area contributed by atoms with Gasteiger partial charge in [-0.1, -0.05) is 45.4 Å². The van der Waals surface area contributed by atoms with Crippen molar-refractivity contribution >= 4 is 17.7 Å². The molecule has 0 aromatic heterocycles. The van der Waals surface area contributed by atoms with Crippen LogP contribution in [0.25, 0.3) is 0 Å². The molecule has 0 saturated heterocycles. The number of carbonyl (C=O) groups excluding carboxylic acids is 1. The molecule has 1 aromatic carbocycles. The maximum atomic E-state index is 12.4. The van der Waals surface area contributed by atoms with E-state index in [2.05, 4.69) is 58.9 Å². The lowest BCUT2D eigenvalue weighted by molar-refractivity contribution is -0.129. The van der Waals surface area contributed by atoms with Crippen molar-refractivity contribution in [3.05, 3.63) is 29.8 Å². The van der Waals surface area contributed by atoms with Gasteiger partial charge in [0, 0.05) is 18.0 Å². The van der Waals surface area contributed by atoms with E-state index >= 15 is 0 Å². The molecule has 20 heavy (non-hydrogen) atoms. The third-order valence-corrected chi connectivity index (χ3v) is 3.90. The first kappa shape index (κ1) is 17.1. The zero-order chi connectivity index (χ0) is 15.1.